The quantitative estimate of drug-likeness (QED) is 0.173. The van der Waals surface area contributed by atoms with Gasteiger partial charge in [0.15, 0.2) is 0 Å². The summed E-state index contributed by atoms with van der Waals surface area (Å²) in [6.07, 6.45) is 73.6. The number of hydrogen-bond donors (Lipinski definition) is 0. The highest BCUT2D eigenvalue weighted by atomic mass is 27.2. The molecule has 0 aromatic heterocycles. The molecule has 0 unspecified atom stereocenters. The zero-order valence-electron chi connectivity index (χ0n) is 38.4. The van der Waals surface area contributed by atoms with Gasteiger partial charge in [-0.05, 0) is 17.8 Å². The summed E-state index contributed by atoms with van der Waals surface area (Å²) < 4.78 is 0. The minimum Gasteiger partial charge on any atom is -0.0938 e. The fourth-order valence-electron chi connectivity index (χ4n) is 11.7. The Labute approximate surface area is 354 Å². The van der Waals surface area contributed by atoms with Crippen molar-refractivity contribution in [2.24, 2.45) is 17.8 Å². The molecule has 1 heteroatoms. The second-order valence-electron chi connectivity index (χ2n) is 20.7. The van der Waals surface area contributed by atoms with Crippen molar-refractivity contribution in [1.29, 1.82) is 0 Å². The second-order valence-corrected chi connectivity index (χ2v) is 24.2. The summed E-state index contributed by atoms with van der Waals surface area (Å²) in [7, 11) is 0. The van der Waals surface area contributed by atoms with E-state index >= 15 is 0 Å². The average molecular weight is 781 g/mol. The van der Waals surface area contributed by atoms with Crippen LogP contribution in [0.1, 0.15) is 308 Å². The maximum absolute atomic E-state index is 1.70. The maximum atomic E-state index is 1.70. The summed E-state index contributed by atoms with van der Waals surface area (Å²) in [5.41, 5.74) is 0. The third-order valence-corrected chi connectivity index (χ3v) is 19.3. The predicted molar refractivity (Wildman–Crippen MR) is 252 cm³/mol. The standard InChI is InChI=1S/3C18H35.Al/c3*1-2-15-18-16-13-11-9-7-5-3-4-6-8-10-12-14-17-18;/h3*18H,1-17H2;. The van der Waals surface area contributed by atoms with Crippen molar-refractivity contribution in [1.82, 2.24) is 0 Å². The zero-order chi connectivity index (χ0) is 38.4. The summed E-state index contributed by atoms with van der Waals surface area (Å²) in [6, 6.07) is 0. The van der Waals surface area contributed by atoms with Crippen molar-refractivity contribution in [2.45, 2.75) is 324 Å². The Morgan fingerprint density at radius 1 is 0.200 bits per heavy atom. The Morgan fingerprint density at radius 2 is 0.345 bits per heavy atom. The van der Waals surface area contributed by atoms with Gasteiger partial charge in [-0.25, -0.2) is 0 Å². The number of rotatable bonds is 12. The average Bonchev–Trinajstić information content (AvgIpc) is 3.22. The first-order chi connectivity index (χ1) is 27.4. The van der Waals surface area contributed by atoms with Crippen molar-refractivity contribution in [2.75, 3.05) is 0 Å². The van der Waals surface area contributed by atoms with Crippen LogP contribution in [0.5, 0.6) is 0 Å². The van der Waals surface area contributed by atoms with E-state index < -0.39 is 14.1 Å². The molecule has 3 aliphatic rings. The van der Waals surface area contributed by atoms with E-state index in [9.17, 15) is 0 Å². The van der Waals surface area contributed by atoms with Crippen molar-refractivity contribution >= 4 is 14.1 Å². The first kappa shape index (κ1) is 49.9. The highest BCUT2D eigenvalue weighted by molar-refractivity contribution is 6.58. The molecule has 0 aromatic carbocycles. The van der Waals surface area contributed by atoms with Crippen LogP contribution in [0, 0.1) is 17.8 Å². The van der Waals surface area contributed by atoms with E-state index in [0.717, 1.165) is 17.8 Å². The smallest absolute Gasteiger partial charge is 0.0938 e. The highest BCUT2D eigenvalue weighted by Crippen LogP contribution is 2.31. The molecule has 0 aliphatic heterocycles. The Hall–Kier alpha value is 0.532. The third-order valence-electron chi connectivity index (χ3n) is 15.6. The first-order valence-corrected chi connectivity index (χ1v) is 29.8. The molecule has 0 N–H and O–H groups in total. The lowest BCUT2D eigenvalue weighted by Crippen LogP contribution is -2.15. The van der Waals surface area contributed by atoms with Crippen LogP contribution < -0.4 is 0 Å². The van der Waals surface area contributed by atoms with Crippen molar-refractivity contribution < 1.29 is 0 Å². The van der Waals surface area contributed by atoms with Gasteiger partial charge < -0.3 is 0 Å². The van der Waals surface area contributed by atoms with Crippen LogP contribution in [0.3, 0.4) is 0 Å². The lowest BCUT2D eigenvalue weighted by molar-refractivity contribution is 0.374. The molecule has 0 heterocycles. The Bertz CT molecular complexity index is 612. The minimum atomic E-state index is -0.646. The summed E-state index contributed by atoms with van der Waals surface area (Å²) in [4.78, 5) is 0. The fourth-order valence-corrected chi connectivity index (χ4v) is 15.0. The van der Waals surface area contributed by atoms with Gasteiger partial charge in [-0.2, -0.15) is 0 Å². The zero-order valence-corrected chi connectivity index (χ0v) is 39.5. The summed E-state index contributed by atoms with van der Waals surface area (Å²) in [5, 5.41) is 5.10. The molecule has 0 nitrogen and oxygen atoms in total. The molecule has 324 valence electrons. The molecule has 0 radical (unpaired) electrons. The third kappa shape index (κ3) is 31.1. The van der Waals surface area contributed by atoms with E-state index in [-0.39, 0.29) is 0 Å². The molecule has 0 spiro atoms. The SMILES string of the molecule is C1CCCCCCCC(CC[CH2][Al]([CH2]CCC2CCCCCCCCCCCCCC2)[CH2]CCC2CCCCCCCCCCCCCC2)CCCCCC1. The molecular formula is C54H105Al. The van der Waals surface area contributed by atoms with E-state index in [1.54, 1.807) is 92.9 Å². The van der Waals surface area contributed by atoms with Crippen LogP contribution in [-0.2, 0) is 0 Å². The van der Waals surface area contributed by atoms with E-state index in [1.165, 1.54) is 231 Å². The second kappa shape index (κ2) is 38.7. The Kier molecular flexibility index (Phi) is 35.1. The molecule has 0 saturated heterocycles. The van der Waals surface area contributed by atoms with Gasteiger partial charge in [0.2, 0.25) is 0 Å². The normalized spacial score (nSPS) is 23.6. The maximum Gasteiger partial charge on any atom is 0.261 e. The van der Waals surface area contributed by atoms with Gasteiger partial charge in [-0.1, -0.05) is 324 Å². The largest absolute Gasteiger partial charge is 0.261 e. The topological polar surface area (TPSA) is 0 Å². The molecule has 0 atom stereocenters. The molecule has 3 rings (SSSR count). The Morgan fingerprint density at radius 3 is 0.509 bits per heavy atom. The van der Waals surface area contributed by atoms with Crippen LogP contribution in [0.25, 0.3) is 0 Å². The molecule has 55 heavy (non-hydrogen) atoms. The van der Waals surface area contributed by atoms with E-state index in [4.69, 9.17) is 0 Å². The lowest BCUT2D eigenvalue weighted by Gasteiger charge is -2.21. The lowest BCUT2D eigenvalue weighted by atomic mass is 9.90. The van der Waals surface area contributed by atoms with Gasteiger partial charge in [0, 0.05) is 0 Å². The van der Waals surface area contributed by atoms with E-state index in [1.807, 2.05) is 0 Å². The molecule has 0 aromatic rings. The predicted octanol–water partition coefficient (Wildman–Crippen LogP) is 20.1. The fraction of sp³-hybridized carbons (Fsp3) is 1.00. The number of hydrogen-bond acceptors (Lipinski definition) is 0. The monoisotopic (exact) mass is 781 g/mol. The van der Waals surface area contributed by atoms with Gasteiger partial charge in [0.05, 0.1) is 0 Å². The summed E-state index contributed by atoms with van der Waals surface area (Å²) in [5.74, 6) is 3.17. The first-order valence-electron chi connectivity index (χ1n) is 27.4. The van der Waals surface area contributed by atoms with Crippen molar-refractivity contribution in [3.05, 3.63) is 0 Å². The van der Waals surface area contributed by atoms with Crippen LogP contribution in [0.4, 0.5) is 0 Å². The van der Waals surface area contributed by atoms with Gasteiger partial charge in [-0.3, -0.25) is 0 Å². The van der Waals surface area contributed by atoms with Crippen LogP contribution in [0.2, 0.25) is 15.8 Å². The van der Waals surface area contributed by atoms with Crippen LogP contribution in [0.15, 0.2) is 0 Å². The Balaban J connectivity index is 1.51. The van der Waals surface area contributed by atoms with Gasteiger partial charge in [0.1, 0.15) is 0 Å². The van der Waals surface area contributed by atoms with Gasteiger partial charge in [0.25, 0.3) is 14.1 Å². The molecular weight excluding hydrogens is 676 g/mol. The highest BCUT2D eigenvalue weighted by Gasteiger charge is 2.20. The summed E-state index contributed by atoms with van der Waals surface area (Å²) in [6.45, 7) is 0. The summed E-state index contributed by atoms with van der Waals surface area (Å²) >= 11 is -0.646. The minimum absolute atomic E-state index is 0.646. The van der Waals surface area contributed by atoms with E-state index in [2.05, 4.69) is 0 Å². The van der Waals surface area contributed by atoms with Gasteiger partial charge >= 0.3 is 0 Å². The molecule has 3 aliphatic carbocycles. The van der Waals surface area contributed by atoms with Crippen molar-refractivity contribution in [3.63, 3.8) is 0 Å². The molecule has 0 bridgehead atoms. The molecule has 3 saturated carbocycles. The molecule has 0 amide bonds. The van der Waals surface area contributed by atoms with Crippen molar-refractivity contribution in [3.8, 4) is 0 Å². The van der Waals surface area contributed by atoms with E-state index in [0.29, 0.717) is 0 Å². The van der Waals surface area contributed by atoms with Crippen LogP contribution >= 0.6 is 0 Å². The molecule has 3 fully saturated rings. The van der Waals surface area contributed by atoms with Crippen LogP contribution in [-0.4, -0.2) is 14.1 Å². The van der Waals surface area contributed by atoms with Gasteiger partial charge in [-0.15, -0.1) is 0 Å².